The van der Waals surface area contributed by atoms with E-state index in [4.69, 9.17) is 4.74 Å². The fourth-order valence-corrected chi connectivity index (χ4v) is 6.09. The average molecular weight is 631 g/mol. The van der Waals surface area contributed by atoms with Crippen molar-refractivity contribution in [2.45, 2.75) is 18.0 Å². The standard InChI is InChI=1S/C28H21F3N4O6S2/c1-16-8-10-18(41-15-24(36)33-43(39,40)19-6-4-3-5-7-19)13-20(16)26-21-12-17(9-11-22(21)42-32-26)35-25(37)14-23(28(29,30)31)34(2)27(35)38/h3-14H,15H2,1-2H3,(H,33,36). The Labute approximate surface area is 245 Å². The maximum Gasteiger partial charge on any atom is 0.431 e. The third-order valence-electron chi connectivity index (χ3n) is 6.46. The lowest BCUT2D eigenvalue weighted by molar-refractivity contribution is -0.144. The van der Waals surface area contributed by atoms with Gasteiger partial charge < -0.3 is 4.74 Å². The van der Waals surface area contributed by atoms with Gasteiger partial charge >= 0.3 is 11.9 Å². The zero-order chi connectivity index (χ0) is 31.1. The number of aromatic nitrogens is 3. The third-order valence-corrected chi connectivity index (χ3v) is 8.67. The summed E-state index contributed by atoms with van der Waals surface area (Å²) in [5.41, 5.74) is -1.85. The molecule has 43 heavy (non-hydrogen) atoms. The molecule has 1 amide bonds. The number of carbonyl (C=O) groups is 1. The molecule has 2 aromatic heterocycles. The van der Waals surface area contributed by atoms with Gasteiger partial charge in [0, 0.05) is 24.1 Å². The van der Waals surface area contributed by atoms with Crippen LogP contribution < -0.4 is 20.7 Å². The van der Waals surface area contributed by atoms with E-state index < -0.39 is 45.7 Å². The van der Waals surface area contributed by atoms with Crippen LogP contribution in [0, 0.1) is 6.92 Å². The lowest BCUT2D eigenvalue weighted by Crippen LogP contribution is -2.40. The van der Waals surface area contributed by atoms with Crippen LogP contribution in [0.3, 0.4) is 0 Å². The van der Waals surface area contributed by atoms with Crippen LogP contribution in [0.25, 0.3) is 27.0 Å². The average Bonchev–Trinajstić information content (AvgIpc) is 3.37. The lowest BCUT2D eigenvalue weighted by atomic mass is 10.0. The van der Waals surface area contributed by atoms with Crippen molar-refractivity contribution >= 4 is 37.5 Å². The number of nitrogens with one attached hydrogen (secondary N) is 1. The predicted octanol–water partition coefficient (Wildman–Crippen LogP) is 4.02. The van der Waals surface area contributed by atoms with E-state index in [1.165, 1.54) is 36.4 Å². The van der Waals surface area contributed by atoms with Crippen LogP contribution in [0.15, 0.2) is 87.3 Å². The Morgan fingerprint density at radius 2 is 1.74 bits per heavy atom. The van der Waals surface area contributed by atoms with Crippen LogP contribution in [-0.4, -0.2) is 34.4 Å². The molecule has 0 aliphatic heterocycles. The van der Waals surface area contributed by atoms with Crippen molar-refractivity contribution in [2.24, 2.45) is 7.05 Å². The van der Waals surface area contributed by atoms with E-state index in [9.17, 15) is 36.0 Å². The first-order chi connectivity index (χ1) is 20.3. The summed E-state index contributed by atoms with van der Waals surface area (Å²) < 4.78 is 78.3. The van der Waals surface area contributed by atoms with Crippen molar-refractivity contribution in [2.75, 3.05) is 6.61 Å². The number of amides is 1. The van der Waals surface area contributed by atoms with E-state index >= 15 is 0 Å². The lowest BCUT2D eigenvalue weighted by Gasteiger charge is -2.14. The molecular weight excluding hydrogens is 609 g/mol. The molecule has 3 aromatic carbocycles. The summed E-state index contributed by atoms with van der Waals surface area (Å²) in [6.45, 7) is 1.19. The Balaban J connectivity index is 1.45. The van der Waals surface area contributed by atoms with E-state index in [1.807, 2.05) is 4.72 Å². The monoisotopic (exact) mass is 630 g/mol. The fourth-order valence-electron chi connectivity index (χ4n) is 4.33. The van der Waals surface area contributed by atoms with Crippen LogP contribution in [0.1, 0.15) is 11.3 Å². The zero-order valence-electron chi connectivity index (χ0n) is 22.4. The number of carbonyl (C=O) groups excluding carboxylic acids is 1. The molecule has 0 radical (unpaired) electrons. The maximum atomic E-state index is 13.3. The fraction of sp³-hybridized carbons (Fsp3) is 0.143. The van der Waals surface area contributed by atoms with Crippen LogP contribution in [-0.2, 0) is 28.0 Å². The molecule has 0 atom stereocenters. The summed E-state index contributed by atoms with van der Waals surface area (Å²) in [6, 6.07) is 17.2. The number of ether oxygens (including phenoxy) is 1. The molecule has 5 aromatic rings. The number of fused-ring (bicyclic) bond motifs is 1. The number of hydrogen-bond donors (Lipinski definition) is 1. The maximum absolute atomic E-state index is 13.3. The van der Waals surface area contributed by atoms with Gasteiger partial charge in [0.15, 0.2) is 6.61 Å². The molecule has 1 N–H and O–H groups in total. The number of nitrogens with zero attached hydrogens (tertiary/aromatic N) is 3. The number of halogens is 3. The van der Waals surface area contributed by atoms with Crippen molar-refractivity contribution in [1.82, 2.24) is 18.2 Å². The molecule has 0 unspecified atom stereocenters. The van der Waals surface area contributed by atoms with E-state index in [0.29, 0.717) is 36.5 Å². The van der Waals surface area contributed by atoms with Crippen molar-refractivity contribution in [1.29, 1.82) is 0 Å². The number of hydrogen-bond acceptors (Lipinski definition) is 8. The van der Waals surface area contributed by atoms with Gasteiger partial charge in [0.25, 0.3) is 21.5 Å². The van der Waals surface area contributed by atoms with Crippen molar-refractivity contribution < 1.29 is 31.1 Å². The highest BCUT2D eigenvalue weighted by molar-refractivity contribution is 7.90. The number of aryl methyl sites for hydroxylation is 1. The molecule has 0 spiro atoms. The molecule has 222 valence electrons. The van der Waals surface area contributed by atoms with E-state index in [1.54, 1.807) is 37.3 Å². The second-order valence-corrected chi connectivity index (χ2v) is 11.8. The normalized spacial score (nSPS) is 11.9. The molecule has 0 bridgehead atoms. The Kier molecular flexibility index (Phi) is 7.70. The minimum Gasteiger partial charge on any atom is -0.484 e. The van der Waals surface area contributed by atoms with Gasteiger partial charge in [-0.2, -0.15) is 17.5 Å². The molecule has 0 fully saturated rings. The minimum absolute atomic E-state index is 0.0506. The summed E-state index contributed by atoms with van der Waals surface area (Å²) in [6.07, 6.45) is -4.89. The van der Waals surface area contributed by atoms with Crippen LogP contribution in [0.4, 0.5) is 13.2 Å². The van der Waals surface area contributed by atoms with Gasteiger partial charge in [-0.05, 0) is 66.5 Å². The summed E-state index contributed by atoms with van der Waals surface area (Å²) in [5.74, 6) is -0.656. The number of alkyl halides is 3. The summed E-state index contributed by atoms with van der Waals surface area (Å²) in [4.78, 5) is 37.7. The third kappa shape index (κ3) is 5.94. The van der Waals surface area contributed by atoms with Crippen LogP contribution in [0.2, 0.25) is 0 Å². The smallest absolute Gasteiger partial charge is 0.431 e. The number of sulfonamides is 1. The Hall–Kier alpha value is -4.76. The van der Waals surface area contributed by atoms with Crippen LogP contribution in [0.5, 0.6) is 5.75 Å². The first-order valence-electron chi connectivity index (χ1n) is 12.4. The highest BCUT2D eigenvalue weighted by Crippen LogP contribution is 2.35. The van der Waals surface area contributed by atoms with E-state index in [-0.39, 0.29) is 16.3 Å². The topological polar surface area (TPSA) is 129 Å². The molecule has 0 aliphatic carbocycles. The van der Waals surface area contributed by atoms with E-state index in [0.717, 1.165) is 24.1 Å². The van der Waals surface area contributed by atoms with Gasteiger partial charge in [0.2, 0.25) is 0 Å². The molecular formula is C28H21F3N4O6S2. The number of rotatable bonds is 7. The summed E-state index contributed by atoms with van der Waals surface area (Å²) in [5, 5.41) is 0.517. The molecule has 0 saturated heterocycles. The zero-order valence-corrected chi connectivity index (χ0v) is 24.0. The van der Waals surface area contributed by atoms with Crippen molar-refractivity contribution in [3.63, 3.8) is 0 Å². The highest BCUT2D eigenvalue weighted by atomic mass is 32.2. The molecule has 5 rings (SSSR count). The second kappa shape index (κ2) is 11.1. The molecule has 0 aliphatic rings. The van der Waals surface area contributed by atoms with Gasteiger partial charge in [-0.25, -0.2) is 22.5 Å². The summed E-state index contributed by atoms with van der Waals surface area (Å²) in [7, 11) is -3.14. The minimum atomic E-state index is -4.89. The largest absolute Gasteiger partial charge is 0.484 e. The van der Waals surface area contributed by atoms with Gasteiger partial charge in [-0.15, -0.1) is 0 Å². The predicted molar refractivity (Wildman–Crippen MR) is 153 cm³/mol. The van der Waals surface area contributed by atoms with E-state index in [2.05, 4.69) is 4.37 Å². The van der Waals surface area contributed by atoms with Crippen molar-refractivity contribution in [3.8, 4) is 22.7 Å². The molecule has 15 heteroatoms. The van der Waals surface area contributed by atoms with Crippen LogP contribution >= 0.6 is 11.5 Å². The quantitative estimate of drug-likeness (QED) is 0.288. The molecule has 10 nitrogen and oxygen atoms in total. The Bertz CT molecular complexity index is 2100. The molecule has 0 saturated carbocycles. The van der Waals surface area contributed by atoms with Gasteiger partial charge in [0.1, 0.15) is 11.4 Å². The number of benzene rings is 3. The van der Waals surface area contributed by atoms with Gasteiger partial charge in [0.05, 0.1) is 21.0 Å². The van der Waals surface area contributed by atoms with Gasteiger partial charge in [-0.1, -0.05) is 24.3 Å². The Morgan fingerprint density at radius 3 is 2.44 bits per heavy atom. The summed E-state index contributed by atoms with van der Waals surface area (Å²) >= 11 is 1.13. The van der Waals surface area contributed by atoms with Crippen molar-refractivity contribution in [3.05, 3.63) is 105 Å². The molecule has 2 heterocycles. The highest BCUT2D eigenvalue weighted by Gasteiger charge is 2.35. The first-order valence-corrected chi connectivity index (χ1v) is 14.7. The first kappa shape index (κ1) is 29.7. The SMILES string of the molecule is Cc1ccc(OCC(=O)NS(=O)(=O)c2ccccc2)cc1-c1nsc2ccc(-n3c(=O)cc(C(F)(F)F)n(C)c3=O)cc12. The Morgan fingerprint density at radius 1 is 1.02 bits per heavy atom. The second-order valence-electron chi connectivity index (χ2n) is 9.36. The van der Waals surface area contributed by atoms with Gasteiger partial charge in [-0.3, -0.25) is 14.2 Å².